The smallest absolute Gasteiger partial charge is 0.272 e. The van der Waals surface area contributed by atoms with Crippen LogP contribution in [0.5, 0.6) is 5.75 Å². The van der Waals surface area contributed by atoms with Gasteiger partial charge in [-0.2, -0.15) is 10.5 Å². The van der Waals surface area contributed by atoms with Crippen molar-refractivity contribution >= 4 is 0 Å². The molecule has 18 heavy (non-hydrogen) atoms. The highest BCUT2D eigenvalue weighted by Gasteiger charge is 2.16. The van der Waals surface area contributed by atoms with Crippen LogP contribution in [0, 0.1) is 29.6 Å². The summed E-state index contributed by atoms with van der Waals surface area (Å²) in [6.07, 6.45) is 0. The molecule has 0 bridgehead atoms. The SMILES string of the molecule is Cc1[nH][nH]c(=O)c1-c1cc(C#N)c(C#N)cc1O. The largest absolute Gasteiger partial charge is 0.507 e. The summed E-state index contributed by atoms with van der Waals surface area (Å²) in [6.45, 7) is 1.66. The zero-order valence-corrected chi connectivity index (χ0v) is 9.40. The molecule has 0 spiro atoms. The first-order chi connectivity index (χ1) is 8.58. The number of rotatable bonds is 1. The quantitative estimate of drug-likeness (QED) is 0.692. The molecule has 0 aliphatic carbocycles. The minimum Gasteiger partial charge on any atom is -0.507 e. The Kier molecular flexibility index (Phi) is 2.63. The lowest BCUT2D eigenvalue weighted by atomic mass is 9.99. The van der Waals surface area contributed by atoms with Gasteiger partial charge in [-0.25, -0.2) is 0 Å². The molecule has 0 aliphatic heterocycles. The van der Waals surface area contributed by atoms with Crippen LogP contribution in [0.2, 0.25) is 0 Å². The lowest BCUT2D eigenvalue weighted by Crippen LogP contribution is -2.02. The van der Waals surface area contributed by atoms with Gasteiger partial charge in [0.05, 0.1) is 16.7 Å². The lowest BCUT2D eigenvalue weighted by molar-refractivity contribution is 0.477. The van der Waals surface area contributed by atoms with E-state index in [1.54, 1.807) is 6.92 Å². The van der Waals surface area contributed by atoms with Gasteiger partial charge in [0.15, 0.2) is 0 Å². The van der Waals surface area contributed by atoms with Crippen LogP contribution in [-0.4, -0.2) is 15.3 Å². The van der Waals surface area contributed by atoms with E-state index in [1.165, 1.54) is 12.1 Å². The molecule has 0 aliphatic rings. The molecule has 2 aromatic rings. The third-order valence-electron chi connectivity index (χ3n) is 2.61. The summed E-state index contributed by atoms with van der Waals surface area (Å²) < 4.78 is 0. The number of phenolic OH excluding ortho intramolecular Hbond substituents is 1. The molecule has 0 atom stereocenters. The molecular formula is C12H8N4O2. The van der Waals surface area contributed by atoms with Crippen molar-refractivity contribution in [2.24, 2.45) is 0 Å². The number of benzene rings is 1. The van der Waals surface area contributed by atoms with Crippen molar-refractivity contribution in [3.63, 3.8) is 0 Å². The molecule has 1 aromatic carbocycles. The van der Waals surface area contributed by atoms with Gasteiger partial charge in [0.25, 0.3) is 5.56 Å². The molecule has 0 radical (unpaired) electrons. The molecule has 6 nitrogen and oxygen atoms in total. The number of phenols is 1. The zero-order valence-electron chi connectivity index (χ0n) is 9.40. The van der Waals surface area contributed by atoms with Crippen molar-refractivity contribution in [1.29, 1.82) is 10.5 Å². The highest BCUT2D eigenvalue weighted by molar-refractivity contribution is 5.74. The molecule has 1 heterocycles. The molecule has 6 heteroatoms. The van der Waals surface area contributed by atoms with Crippen LogP contribution in [0.25, 0.3) is 11.1 Å². The number of H-pyrrole nitrogens is 2. The number of nitrogens with zero attached hydrogens (tertiary/aromatic N) is 2. The maximum Gasteiger partial charge on any atom is 0.272 e. The molecule has 1 aromatic heterocycles. The number of aromatic amines is 2. The van der Waals surface area contributed by atoms with E-state index in [9.17, 15) is 9.90 Å². The van der Waals surface area contributed by atoms with Gasteiger partial charge in [0.2, 0.25) is 0 Å². The van der Waals surface area contributed by atoms with Crippen molar-refractivity contribution in [3.8, 4) is 29.0 Å². The van der Waals surface area contributed by atoms with E-state index < -0.39 is 5.56 Å². The maximum absolute atomic E-state index is 11.6. The van der Waals surface area contributed by atoms with Crippen molar-refractivity contribution in [2.75, 3.05) is 0 Å². The third kappa shape index (κ3) is 1.62. The number of aromatic hydroxyl groups is 1. The average Bonchev–Trinajstić information content (AvgIpc) is 2.69. The summed E-state index contributed by atoms with van der Waals surface area (Å²) >= 11 is 0. The van der Waals surface area contributed by atoms with Gasteiger partial charge in [-0.1, -0.05) is 0 Å². The molecular weight excluding hydrogens is 232 g/mol. The van der Waals surface area contributed by atoms with Gasteiger partial charge < -0.3 is 10.2 Å². The van der Waals surface area contributed by atoms with Crippen LogP contribution >= 0.6 is 0 Å². The van der Waals surface area contributed by atoms with Crippen molar-refractivity contribution in [2.45, 2.75) is 6.92 Å². The van der Waals surface area contributed by atoms with Crippen LogP contribution < -0.4 is 5.56 Å². The Bertz CT molecular complexity index is 756. The van der Waals surface area contributed by atoms with Crippen molar-refractivity contribution in [3.05, 3.63) is 39.3 Å². The van der Waals surface area contributed by atoms with Gasteiger partial charge in [0.1, 0.15) is 17.9 Å². The molecule has 88 valence electrons. The van der Waals surface area contributed by atoms with E-state index in [-0.39, 0.29) is 28.0 Å². The van der Waals surface area contributed by atoms with E-state index in [2.05, 4.69) is 10.2 Å². The number of nitriles is 2. The minimum absolute atomic E-state index is 0.0726. The Morgan fingerprint density at radius 3 is 2.28 bits per heavy atom. The predicted molar refractivity (Wildman–Crippen MR) is 62.7 cm³/mol. The number of aromatic nitrogens is 2. The second-order valence-corrected chi connectivity index (χ2v) is 3.72. The second kappa shape index (κ2) is 4.11. The van der Waals surface area contributed by atoms with E-state index in [4.69, 9.17) is 10.5 Å². The second-order valence-electron chi connectivity index (χ2n) is 3.72. The van der Waals surface area contributed by atoms with E-state index in [0.29, 0.717) is 5.69 Å². The predicted octanol–water partition coefficient (Wildman–Crippen LogP) is 1.13. The number of aryl methyl sites for hydroxylation is 1. The summed E-state index contributed by atoms with van der Waals surface area (Å²) in [4.78, 5) is 11.6. The highest BCUT2D eigenvalue weighted by Crippen LogP contribution is 2.31. The first-order valence-electron chi connectivity index (χ1n) is 5.03. The molecule has 0 unspecified atom stereocenters. The first-order valence-corrected chi connectivity index (χ1v) is 5.03. The van der Waals surface area contributed by atoms with Gasteiger partial charge in [-0.05, 0) is 19.1 Å². The normalized spacial score (nSPS) is 9.72. The summed E-state index contributed by atoms with van der Waals surface area (Å²) in [5, 5.41) is 32.6. The topological polar surface area (TPSA) is 116 Å². The molecule has 2 rings (SSSR count). The standard InChI is InChI=1S/C12H8N4O2/c1-6-11(12(18)16-15-6)9-2-7(4-13)8(5-14)3-10(9)17/h2-3,17H,1H3,(H2,15,16,18). The van der Waals surface area contributed by atoms with Crippen LogP contribution in [-0.2, 0) is 0 Å². The Morgan fingerprint density at radius 1 is 1.17 bits per heavy atom. The summed E-state index contributed by atoms with van der Waals surface area (Å²) in [6, 6.07) is 6.18. The lowest BCUT2D eigenvalue weighted by Gasteiger charge is -2.04. The molecule has 0 fully saturated rings. The molecule has 0 saturated carbocycles. The van der Waals surface area contributed by atoms with Crippen molar-refractivity contribution in [1.82, 2.24) is 10.2 Å². The highest BCUT2D eigenvalue weighted by atomic mass is 16.3. The summed E-state index contributed by atoms with van der Waals surface area (Å²) in [5.74, 6) is -0.209. The van der Waals surface area contributed by atoms with Crippen molar-refractivity contribution < 1.29 is 5.11 Å². The number of nitrogens with one attached hydrogen (secondary N) is 2. The van der Waals surface area contributed by atoms with E-state index in [1.807, 2.05) is 12.1 Å². The molecule has 0 saturated heterocycles. The number of hydrogen-bond donors (Lipinski definition) is 3. The van der Waals surface area contributed by atoms with Gasteiger partial charge >= 0.3 is 0 Å². The maximum atomic E-state index is 11.6. The average molecular weight is 240 g/mol. The fraction of sp³-hybridized carbons (Fsp3) is 0.0833. The molecule has 0 amide bonds. The fourth-order valence-electron chi connectivity index (χ4n) is 1.74. The van der Waals surface area contributed by atoms with Gasteiger partial charge in [-0.15, -0.1) is 0 Å². The third-order valence-corrected chi connectivity index (χ3v) is 2.61. The number of hydrogen-bond acceptors (Lipinski definition) is 4. The van der Waals surface area contributed by atoms with Gasteiger partial charge in [0, 0.05) is 11.3 Å². The molecule has 3 N–H and O–H groups in total. The van der Waals surface area contributed by atoms with Crippen LogP contribution in [0.4, 0.5) is 0 Å². The Morgan fingerprint density at radius 2 is 1.78 bits per heavy atom. The zero-order chi connectivity index (χ0) is 13.3. The minimum atomic E-state index is -0.392. The first kappa shape index (κ1) is 11.5. The summed E-state index contributed by atoms with van der Waals surface area (Å²) in [7, 11) is 0. The summed E-state index contributed by atoms with van der Waals surface area (Å²) in [5.41, 5.74) is 0.827. The van der Waals surface area contributed by atoms with Gasteiger partial charge in [-0.3, -0.25) is 9.89 Å². The monoisotopic (exact) mass is 240 g/mol. The van der Waals surface area contributed by atoms with Crippen LogP contribution in [0.3, 0.4) is 0 Å². The van der Waals surface area contributed by atoms with E-state index >= 15 is 0 Å². The van der Waals surface area contributed by atoms with Crippen LogP contribution in [0.15, 0.2) is 16.9 Å². The Labute approximate surface area is 102 Å². The van der Waals surface area contributed by atoms with Crippen LogP contribution in [0.1, 0.15) is 16.8 Å². The Balaban J connectivity index is 2.79. The Hall–Kier alpha value is -2.99. The fourth-order valence-corrected chi connectivity index (χ4v) is 1.74. The van der Waals surface area contributed by atoms with E-state index in [0.717, 1.165) is 0 Å².